The molecule has 3 aliphatic rings. The van der Waals surface area contributed by atoms with Crippen LogP contribution in [-0.2, 0) is 9.53 Å². The molecule has 0 spiro atoms. The molecule has 7 heteroatoms. The zero-order valence-corrected chi connectivity index (χ0v) is 13.2. The van der Waals surface area contributed by atoms with Crippen molar-refractivity contribution in [1.29, 1.82) is 0 Å². The van der Waals surface area contributed by atoms with Crippen molar-refractivity contribution in [3.63, 3.8) is 0 Å². The van der Waals surface area contributed by atoms with E-state index in [1.807, 2.05) is 7.05 Å². The van der Waals surface area contributed by atoms with Gasteiger partial charge in [-0.15, -0.1) is 11.8 Å². The van der Waals surface area contributed by atoms with Crippen LogP contribution in [0.1, 0.15) is 12.8 Å². The second kappa shape index (κ2) is 5.63. The summed E-state index contributed by atoms with van der Waals surface area (Å²) in [7, 11) is 2.03. The number of thioether (sulfide) groups is 2. The zero-order valence-electron chi connectivity index (χ0n) is 10.8. The number of hydrogen-bond donors (Lipinski definition) is 0. The molecule has 3 fully saturated rings. The molecule has 3 rings (SSSR count). The van der Waals surface area contributed by atoms with Gasteiger partial charge in [-0.05, 0) is 12.8 Å². The number of amides is 1. The summed E-state index contributed by atoms with van der Waals surface area (Å²) in [4.78, 5) is 17.2. The van der Waals surface area contributed by atoms with E-state index in [1.165, 1.54) is 11.8 Å². The van der Waals surface area contributed by atoms with Crippen molar-refractivity contribution < 1.29 is 9.53 Å². The van der Waals surface area contributed by atoms with E-state index in [0.717, 1.165) is 41.7 Å². The Morgan fingerprint density at radius 2 is 2.37 bits per heavy atom. The molecule has 0 aromatic rings. The summed E-state index contributed by atoms with van der Waals surface area (Å²) in [6, 6.07) is 0. The predicted octanol–water partition coefficient (Wildman–Crippen LogP) is 1.87. The third-order valence-corrected chi connectivity index (χ3v) is 6.21. The monoisotopic (exact) mass is 316 g/mol. The first-order valence-corrected chi connectivity index (χ1v) is 8.61. The van der Waals surface area contributed by atoms with Gasteiger partial charge in [0.25, 0.3) is 5.91 Å². The highest BCUT2D eigenvalue weighted by molar-refractivity contribution is 8.27. The van der Waals surface area contributed by atoms with E-state index in [9.17, 15) is 4.79 Å². The molecule has 0 N–H and O–H groups in total. The lowest BCUT2D eigenvalue weighted by molar-refractivity contribution is -0.123. The highest BCUT2D eigenvalue weighted by Gasteiger charge is 2.38. The number of hydrogen-bond acceptors (Lipinski definition) is 6. The van der Waals surface area contributed by atoms with Gasteiger partial charge in [-0.2, -0.15) is 0 Å². The Morgan fingerprint density at radius 1 is 1.53 bits per heavy atom. The van der Waals surface area contributed by atoms with Crippen molar-refractivity contribution in [1.82, 2.24) is 9.80 Å². The number of carbonyl (C=O) groups is 1. The van der Waals surface area contributed by atoms with Crippen LogP contribution in [0.2, 0.25) is 0 Å². The van der Waals surface area contributed by atoms with E-state index in [4.69, 9.17) is 17.0 Å². The minimum atomic E-state index is 0.0572. The molecule has 1 amide bonds. The molecule has 1 unspecified atom stereocenters. The molecular formula is C12H16N2O2S3. The maximum absolute atomic E-state index is 12.5. The third kappa shape index (κ3) is 2.66. The molecule has 0 radical (unpaired) electrons. The molecule has 4 nitrogen and oxygen atoms in total. The van der Waals surface area contributed by atoms with Crippen LogP contribution < -0.4 is 0 Å². The standard InChI is InChI=1S/C12H16N2O2S3/c1-13-4-6-18-11(13)9-10(15)14(12(17)19-9)7-8-3-2-5-16-8/h8H,2-7H2,1H3/b11-9-. The highest BCUT2D eigenvalue weighted by Crippen LogP contribution is 2.40. The van der Waals surface area contributed by atoms with Gasteiger partial charge in [0.15, 0.2) is 0 Å². The SMILES string of the molecule is CN1CCS/C1=C1\SC(=S)N(CC2CCCO2)C1=O. The topological polar surface area (TPSA) is 32.8 Å². The molecule has 0 aromatic carbocycles. The highest BCUT2D eigenvalue weighted by atomic mass is 32.2. The fraction of sp³-hybridized carbons (Fsp3) is 0.667. The van der Waals surface area contributed by atoms with Crippen LogP contribution in [0.15, 0.2) is 9.93 Å². The second-order valence-corrected chi connectivity index (χ2v) is 7.55. The van der Waals surface area contributed by atoms with Crippen LogP contribution in [0.3, 0.4) is 0 Å². The first kappa shape index (κ1) is 13.7. The van der Waals surface area contributed by atoms with Gasteiger partial charge in [-0.3, -0.25) is 9.69 Å². The van der Waals surface area contributed by atoms with Crippen LogP contribution in [0, 0.1) is 0 Å². The smallest absolute Gasteiger partial charge is 0.268 e. The summed E-state index contributed by atoms with van der Waals surface area (Å²) in [6.45, 7) is 2.41. The minimum absolute atomic E-state index is 0.0572. The van der Waals surface area contributed by atoms with E-state index in [2.05, 4.69) is 4.90 Å². The van der Waals surface area contributed by atoms with Crippen molar-refractivity contribution in [2.24, 2.45) is 0 Å². The van der Waals surface area contributed by atoms with Gasteiger partial charge in [0.05, 0.1) is 17.7 Å². The Hall–Kier alpha value is -0.240. The molecule has 3 aliphatic heterocycles. The molecule has 3 heterocycles. The number of thiocarbonyl (C=S) groups is 1. The van der Waals surface area contributed by atoms with Crippen molar-refractivity contribution in [2.75, 3.05) is 32.5 Å². The van der Waals surface area contributed by atoms with Gasteiger partial charge >= 0.3 is 0 Å². The van der Waals surface area contributed by atoms with E-state index in [1.54, 1.807) is 16.7 Å². The summed E-state index contributed by atoms with van der Waals surface area (Å²) in [5, 5.41) is 1.08. The number of nitrogens with zero attached hydrogens (tertiary/aromatic N) is 2. The van der Waals surface area contributed by atoms with Crippen molar-refractivity contribution in [2.45, 2.75) is 18.9 Å². The first-order valence-electron chi connectivity index (χ1n) is 6.40. The zero-order chi connectivity index (χ0) is 13.4. The number of ether oxygens (including phenoxy) is 1. The van der Waals surface area contributed by atoms with Crippen molar-refractivity contribution in [3.8, 4) is 0 Å². The molecule has 0 aliphatic carbocycles. The maximum Gasteiger partial charge on any atom is 0.268 e. The second-order valence-electron chi connectivity index (χ2n) is 4.82. The van der Waals surface area contributed by atoms with Crippen molar-refractivity contribution in [3.05, 3.63) is 9.93 Å². The Bertz CT molecular complexity index is 446. The Kier molecular flexibility index (Phi) is 4.07. The Labute approximate surface area is 126 Å². The summed E-state index contributed by atoms with van der Waals surface area (Å²) >= 11 is 8.53. The Morgan fingerprint density at radius 3 is 3.00 bits per heavy atom. The molecular weight excluding hydrogens is 300 g/mol. The number of carbonyl (C=O) groups excluding carboxylic acids is 1. The largest absolute Gasteiger partial charge is 0.376 e. The number of rotatable bonds is 2. The first-order chi connectivity index (χ1) is 9.16. The van der Waals surface area contributed by atoms with Crippen LogP contribution in [0.25, 0.3) is 0 Å². The maximum atomic E-state index is 12.5. The van der Waals surface area contributed by atoms with Crippen molar-refractivity contribution >= 4 is 46.0 Å². The van der Waals surface area contributed by atoms with Gasteiger partial charge in [0, 0.05) is 26.0 Å². The summed E-state index contributed by atoms with van der Waals surface area (Å²) in [6.07, 6.45) is 2.26. The molecule has 19 heavy (non-hydrogen) atoms. The van der Waals surface area contributed by atoms with E-state index >= 15 is 0 Å². The third-order valence-electron chi connectivity index (χ3n) is 3.47. The Balaban J connectivity index is 1.77. The van der Waals surface area contributed by atoms with Gasteiger partial charge < -0.3 is 9.64 Å². The lowest BCUT2D eigenvalue weighted by atomic mass is 10.2. The average Bonchev–Trinajstić information content (AvgIpc) is 3.07. The quantitative estimate of drug-likeness (QED) is 0.571. The summed E-state index contributed by atoms with van der Waals surface area (Å²) in [5.41, 5.74) is 0. The molecule has 3 saturated heterocycles. The molecule has 104 valence electrons. The molecule has 1 atom stereocenters. The van der Waals surface area contributed by atoms with Gasteiger partial charge in [0.2, 0.25) is 0 Å². The van der Waals surface area contributed by atoms with Crippen LogP contribution in [0.5, 0.6) is 0 Å². The van der Waals surface area contributed by atoms with E-state index in [-0.39, 0.29) is 12.0 Å². The van der Waals surface area contributed by atoms with E-state index in [0.29, 0.717) is 10.9 Å². The minimum Gasteiger partial charge on any atom is -0.376 e. The van der Waals surface area contributed by atoms with Crippen LogP contribution >= 0.6 is 35.7 Å². The molecule has 0 bridgehead atoms. The van der Waals surface area contributed by atoms with E-state index < -0.39 is 0 Å². The van der Waals surface area contributed by atoms with Gasteiger partial charge in [-0.1, -0.05) is 24.0 Å². The average molecular weight is 316 g/mol. The lowest BCUT2D eigenvalue weighted by Crippen LogP contribution is -2.35. The summed E-state index contributed by atoms with van der Waals surface area (Å²) < 4.78 is 6.27. The van der Waals surface area contributed by atoms with Gasteiger partial charge in [0.1, 0.15) is 9.23 Å². The van der Waals surface area contributed by atoms with Gasteiger partial charge in [-0.25, -0.2) is 0 Å². The van der Waals surface area contributed by atoms with Crippen LogP contribution in [-0.4, -0.2) is 58.6 Å². The molecule has 0 aromatic heterocycles. The lowest BCUT2D eigenvalue weighted by Gasteiger charge is -2.19. The fourth-order valence-electron chi connectivity index (χ4n) is 2.41. The summed E-state index contributed by atoms with van der Waals surface area (Å²) in [5.74, 6) is 1.10. The normalized spacial score (nSPS) is 31.9. The predicted molar refractivity (Wildman–Crippen MR) is 83.0 cm³/mol. The fourth-order valence-corrected chi connectivity index (χ4v) is 5.09. The van der Waals surface area contributed by atoms with Crippen LogP contribution in [0.4, 0.5) is 0 Å². The molecule has 0 saturated carbocycles.